The fourth-order valence-electron chi connectivity index (χ4n) is 2.61. The maximum absolute atomic E-state index is 13.0. The molecular weight excluding hydrogens is 409 g/mol. The molecule has 0 aliphatic rings. The van der Waals surface area contributed by atoms with Crippen LogP contribution >= 0.6 is 0 Å². The summed E-state index contributed by atoms with van der Waals surface area (Å²) < 4.78 is 39.1. The summed E-state index contributed by atoms with van der Waals surface area (Å²) in [7, 11) is 0. The molecule has 0 fully saturated rings. The molecule has 0 spiro atoms. The molecule has 0 saturated heterocycles. The lowest BCUT2D eigenvalue weighted by molar-refractivity contribution is -0.141. The Balaban J connectivity index is 1.90. The first-order chi connectivity index (χ1) is 14.4. The van der Waals surface area contributed by atoms with Crippen LogP contribution in [0.25, 0.3) is 17.1 Å². The van der Waals surface area contributed by atoms with Gasteiger partial charge in [0, 0.05) is 17.1 Å². The molecule has 3 aromatic rings. The summed E-state index contributed by atoms with van der Waals surface area (Å²) in [6.45, 7) is 5.47. The number of H-pyrrole nitrogens is 2. The Morgan fingerprint density at radius 3 is 2.55 bits per heavy atom. The predicted octanol–water partition coefficient (Wildman–Crippen LogP) is 4.32. The number of fused-ring (bicyclic) bond motifs is 1. The number of nitrogens with zero attached hydrogens (tertiary/aromatic N) is 1. The van der Waals surface area contributed by atoms with Gasteiger partial charge in [0.1, 0.15) is 11.4 Å². The maximum atomic E-state index is 13.0. The third kappa shape index (κ3) is 5.63. The molecule has 9 heteroatoms. The second kappa shape index (κ2) is 8.14. The lowest BCUT2D eigenvalue weighted by Crippen LogP contribution is -2.10. The lowest BCUT2D eigenvalue weighted by Gasteiger charge is -2.09. The summed E-state index contributed by atoms with van der Waals surface area (Å²) >= 11 is 0. The number of anilines is 1. The highest BCUT2D eigenvalue weighted by Crippen LogP contribution is 2.28. The summed E-state index contributed by atoms with van der Waals surface area (Å²) in [4.78, 5) is 32.6. The van der Waals surface area contributed by atoms with E-state index in [1.54, 1.807) is 18.2 Å². The van der Waals surface area contributed by atoms with Gasteiger partial charge in [-0.1, -0.05) is 12.0 Å². The molecule has 1 amide bonds. The number of hydrogen-bond acceptors (Lipinski definition) is 3. The highest BCUT2D eigenvalue weighted by molar-refractivity contribution is 6.06. The smallest absolute Gasteiger partial charge is 0.321 e. The first kappa shape index (κ1) is 21.9. The van der Waals surface area contributed by atoms with Crippen LogP contribution in [0.2, 0.25) is 0 Å². The van der Waals surface area contributed by atoms with E-state index in [-0.39, 0.29) is 11.3 Å². The van der Waals surface area contributed by atoms with Gasteiger partial charge >= 0.3 is 11.9 Å². The van der Waals surface area contributed by atoms with Gasteiger partial charge in [0.25, 0.3) is 0 Å². The molecular formula is C22H19F3N4O2. The van der Waals surface area contributed by atoms with E-state index in [2.05, 4.69) is 32.1 Å². The van der Waals surface area contributed by atoms with E-state index < -0.39 is 28.9 Å². The Labute approximate surface area is 175 Å². The third-order valence-corrected chi connectivity index (χ3v) is 4.00. The molecule has 2 heterocycles. The van der Waals surface area contributed by atoms with Gasteiger partial charge in [0.05, 0.1) is 16.7 Å². The van der Waals surface area contributed by atoms with E-state index in [4.69, 9.17) is 0 Å². The molecule has 0 atom stereocenters. The number of nitrogens with one attached hydrogen (secondary N) is 3. The van der Waals surface area contributed by atoms with E-state index >= 15 is 0 Å². The summed E-state index contributed by atoms with van der Waals surface area (Å²) in [6, 6.07) is 7.00. The fourth-order valence-corrected chi connectivity index (χ4v) is 2.61. The number of halogens is 3. The predicted molar refractivity (Wildman–Crippen MR) is 112 cm³/mol. The number of aromatic nitrogens is 3. The van der Waals surface area contributed by atoms with Crippen LogP contribution in [0.15, 0.2) is 41.2 Å². The second-order valence-corrected chi connectivity index (χ2v) is 7.76. The van der Waals surface area contributed by atoms with Crippen LogP contribution in [-0.2, 0) is 11.0 Å². The molecule has 3 rings (SSSR count). The number of carbonyl (C=O) groups excluding carboxylic acids is 1. The van der Waals surface area contributed by atoms with Gasteiger partial charge in [-0.25, -0.2) is 9.78 Å². The number of para-hydroxylation sites is 1. The van der Waals surface area contributed by atoms with Crippen molar-refractivity contribution < 1.29 is 18.0 Å². The van der Waals surface area contributed by atoms with Gasteiger partial charge in [-0.2, -0.15) is 13.2 Å². The Morgan fingerprint density at radius 1 is 1.13 bits per heavy atom. The van der Waals surface area contributed by atoms with Crippen LogP contribution in [0.5, 0.6) is 0 Å². The number of imidazole rings is 1. The average Bonchev–Trinajstić information content (AvgIpc) is 3.05. The number of rotatable bonds is 3. The molecule has 3 N–H and O–H groups in total. The lowest BCUT2D eigenvalue weighted by atomic mass is 9.97. The van der Waals surface area contributed by atoms with Crippen molar-refractivity contribution in [3.8, 4) is 11.8 Å². The number of hydrogen-bond donors (Lipinski definition) is 3. The fraction of sp³-hybridized carbons (Fsp3) is 0.227. The number of carbonyl (C=O) groups is 1. The van der Waals surface area contributed by atoms with Gasteiger partial charge < -0.3 is 15.3 Å². The SMILES string of the molecule is CC(C)(C)C#Cc1nc(C(F)(F)F)ccc1/C=C/C(=O)Nc1cccc2[nH]c(=O)[nH]c12. The van der Waals surface area contributed by atoms with Crippen molar-refractivity contribution in [3.05, 3.63) is 63.8 Å². The van der Waals surface area contributed by atoms with Crippen molar-refractivity contribution in [2.75, 3.05) is 5.32 Å². The third-order valence-electron chi connectivity index (χ3n) is 4.00. The average molecular weight is 428 g/mol. The van der Waals surface area contributed by atoms with E-state index in [0.717, 1.165) is 12.1 Å². The van der Waals surface area contributed by atoms with Crippen LogP contribution < -0.4 is 11.0 Å². The van der Waals surface area contributed by atoms with E-state index in [9.17, 15) is 22.8 Å². The molecule has 160 valence electrons. The normalized spacial score (nSPS) is 12.1. The number of benzene rings is 1. The zero-order valence-electron chi connectivity index (χ0n) is 16.9. The molecule has 0 unspecified atom stereocenters. The van der Waals surface area contributed by atoms with Crippen molar-refractivity contribution in [3.63, 3.8) is 0 Å². The van der Waals surface area contributed by atoms with Crippen molar-refractivity contribution in [2.24, 2.45) is 5.41 Å². The Bertz CT molecular complexity index is 1280. The van der Waals surface area contributed by atoms with Crippen LogP contribution in [0.1, 0.15) is 37.7 Å². The van der Waals surface area contributed by atoms with Crippen molar-refractivity contribution in [2.45, 2.75) is 26.9 Å². The van der Waals surface area contributed by atoms with Crippen LogP contribution in [0.3, 0.4) is 0 Å². The van der Waals surface area contributed by atoms with Crippen LogP contribution in [0.4, 0.5) is 18.9 Å². The molecule has 31 heavy (non-hydrogen) atoms. The largest absolute Gasteiger partial charge is 0.433 e. The standard InChI is InChI=1S/C22H19F3N4O2/c1-21(2,3)12-11-14-13(7-9-17(26-14)22(23,24)25)8-10-18(30)27-15-5-4-6-16-19(15)29-20(31)28-16/h4-10H,1-3H3,(H,27,30)(H2,28,29,31)/b10-8+. The molecule has 6 nitrogen and oxygen atoms in total. The maximum Gasteiger partial charge on any atom is 0.433 e. The summed E-state index contributed by atoms with van der Waals surface area (Å²) in [5, 5.41) is 2.63. The van der Waals surface area contributed by atoms with Gasteiger partial charge in [0.15, 0.2) is 0 Å². The second-order valence-electron chi connectivity index (χ2n) is 7.76. The summed E-state index contributed by atoms with van der Waals surface area (Å²) in [5.74, 6) is 5.00. The molecule has 0 radical (unpaired) electrons. The van der Waals surface area contributed by atoms with Crippen molar-refractivity contribution >= 4 is 28.7 Å². The first-order valence-electron chi connectivity index (χ1n) is 9.24. The van der Waals surface area contributed by atoms with Crippen molar-refractivity contribution in [1.29, 1.82) is 0 Å². The van der Waals surface area contributed by atoms with E-state index in [1.165, 1.54) is 12.1 Å². The highest BCUT2D eigenvalue weighted by atomic mass is 19.4. The van der Waals surface area contributed by atoms with E-state index in [1.807, 2.05) is 20.8 Å². The van der Waals surface area contributed by atoms with E-state index in [0.29, 0.717) is 16.7 Å². The Morgan fingerprint density at radius 2 is 1.87 bits per heavy atom. The summed E-state index contributed by atoms with van der Waals surface area (Å²) in [5.41, 5.74) is -0.385. The Hall–Kier alpha value is -3.80. The first-order valence-corrected chi connectivity index (χ1v) is 9.24. The van der Waals surface area contributed by atoms with Gasteiger partial charge in [-0.15, -0.1) is 0 Å². The quantitative estimate of drug-likeness (QED) is 0.429. The Kier molecular flexibility index (Phi) is 5.75. The molecule has 2 aromatic heterocycles. The minimum absolute atomic E-state index is 0.0779. The monoisotopic (exact) mass is 428 g/mol. The highest BCUT2D eigenvalue weighted by Gasteiger charge is 2.32. The van der Waals surface area contributed by atoms with Crippen LogP contribution in [-0.4, -0.2) is 20.9 Å². The molecule has 0 saturated carbocycles. The number of amides is 1. The number of pyridine rings is 1. The summed E-state index contributed by atoms with van der Waals surface area (Å²) in [6.07, 6.45) is -2.10. The van der Waals surface area contributed by atoms with Gasteiger partial charge in [-0.05, 0) is 57.0 Å². The minimum atomic E-state index is -4.61. The molecule has 0 aliphatic carbocycles. The molecule has 1 aromatic carbocycles. The zero-order chi connectivity index (χ0) is 22.8. The molecule has 0 bridgehead atoms. The van der Waals surface area contributed by atoms with Gasteiger partial charge in [-0.3, -0.25) is 4.79 Å². The minimum Gasteiger partial charge on any atom is -0.321 e. The number of aromatic amines is 2. The number of alkyl halides is 3. The zero-order valence-corrected chi connectivity index (χ0v) is 16.9. The molecule has 0 aliphatic heterocycles. The van der Waals surface area contributed by atoms with Crippen molar-refractivity contribution in [1.82, 2.24) is 15.0 Å². The van der Waals surface area contributed by atoms with Gasteiger partial charge in [0.2, 0.25) is 5.91 Å². The topological polar surface area (TPSA) is 90.6 Å². The van der Waals surface area contributed by atoms with Crippen LogP contribution in [0, 0.1) is 17.3 Å².